The molecule has 0 saturated carbocycles. The molecule has 0 spiro atoms. The smallest absolute Gasteiger partial charge is 0.230 e. The minimum Gasteiger partial charge on any atom is -0.341 e. The van der Waals surface area contributed by atoms with Crippen molar-refractivity contribution >= 4 is 5.91 Å². The number of hydrogen-bond acceptors (Lipinski definition) is 3. The van der Waals surface area contributed by atoms with E-state index < -0.39 is 5.41 Å². The zero-order chi connectivity index (χ0) is 14.3. The normalized spacial score (nSPS) is 11.6. The summed E-state index contributed by atoms with van der Waals surface area (Å²) in [4.78, 5) is 14.5. The molecule has 3 N–H and O–H groups in total. The molecule has 0 unspecified atom stereocenters. The van der Waals surface area contributed by atoms with Crippen molar-refractivity contribution in [2.45, 2.75) is 46.1 Å². The van der Waals surface area contributed by atoms with Crippen LogP contribution in [0, 0.1) is 5.41 Å². The van der Waals surface area contributed by atoms with Crippen LogP contribution in [0.5, 0.6) is 0 Å². The van der Waals surface area contributed by atoms with E-state index in [2.05, 4.69) is 24.0 Å². The van der Waals surface area contributed by atoms with Crippen molar-refractivity contribution in [1.29, 1.82) is 0 Å². The highest BCUT2D eigenvalue weighted by molar-refractivity contribution is 5.82. The molecule has 1 amide bonds. The van der Waals surface area contributed by atoms with E-state index >= 15 is 0 Å². The number of aromatic nitrogens is 2. The maximum absolute atomic E-state index is 12.7. The molecular formula is C14H26N4O. The number of amides is 1. The van der Waals surface area contributed by atoms with Gasteiger partial charge in [-0.2, -0.15) is 5.10 Å². The molecule has 1 heterocycles. The molecule has 0 atom stereocenters. The van der Waals surface area contributed by atoms with Crippen LogP contribution in [0.15, 0.2) is 12.4 Å². The third kappa shape index (κ3) is 3.80. The van der Waals surface area contributed by atoms with Crippen LogP contribution in [0.25, 0.3) is 0 Å². The standard InChI is InChI=1S/C14H26N4O/c1-4-6-14(11-15,7-5-2)13(19)18(3)10-12-8-16-17-9-12/h8-9H,4-7,10-11,15H2,1-3H3,(H,16,17). The van der Waals surface area contributed by atoms with E-state index in [-0.39, 0.29) is 5.91 Å². The topological polar surface area (TPSA) is 75.0 Å². The van der Waals surface area contributed by atoms with Gasteiger partial charge in [-0.3, -0.25) is 9.89 Å². The van der Waals surface area contributed by atoms with E-state index in [9.17, 15) is 4.79 Å². The lowest BCUT2D eigenvalue weighted by Crippen LogP contribution is -2.46. The lowest BCUT2D eigenvalue weighted by Gasteiger charge is -2.34. The highest BCUT2D eigenvalue weighted by Crippen LogP contribution is 2.31. The van der Waals surface area contributed by atoms with Gasteiger partial charge in [0.2, 0.25) is 5.91 Å². The van der Waals surface area contributed by atoms with Crippen molar-refractivity contribution in [2.75, 3.05) is 13.6 Å². The van der Waals surface area contributed by atoms with Gasteiger partial charge in [-0.25, -0.2) is 0 Å². The van der Waals surface area contributed by atoms with Gasteiger partial charge in [-0.15, -0.1) is 0 Å². The van der Waals surface area contributed by atoms with Crippen LogP contribution in [0.1, 0.15) is 45.1 Å². The van der Waals surface area contributed by atoms with Gasteiger partial charge in [-0.1, -0.05) is 26.7 Å². The molecule has 0 radical (unpaired) electrons. The summed E-state index contributed by atoms with van der Waals surface area (Å²) in [5.74, 6) is 0.153. The number of aromatic amines is 1. The van der Waals surface area contributed by atoms with Crippen molar-refractivity contribution in [1.82, 2.24) is 15.1 Å². The molecule has 0 aliphatic heterocycles. The number of nitrogens with zero attached hydrogens (tertiary/aromatic N) is 2. The summed E-state index contributed by atoms with van der Waals surface area (Å²) >= 11 is 0. The van der Waals surface area contributed by atoms with Gasteiger partial charge in [0.05, 0.1) is 11.6 Å². The van der Waals surface area contributed by atoms with E-state index in [4.69, 9.17) is 5.73 Å². The van der Waals surface area contributed by atoms with Crippen molar-refractivity contribution in [3.8, 4) is 0 Å². The predicted octanol–water partition coefficient (Wildman–Crippen LogP) is 1.91. The summed E-state index contributed by atoms with van der Waals surface area (Å²) in [7, 11) is 1.84. The van der Waals surface area contributed by atoms with Crippen LogP contribution >= 0.6 is 0 Å². The second kappa shape index (κ2) is 7.28. The van der Waals surface area contributed by atoms with Gasteiger partial charge in [0.15, 0.2) is 0 Å². The maximum atomic E-state index is 12.7. The van der Waals surface area contributed by atoms with Crippen molar-refractivity contribution in [2.24, 2.45) is 11.1 Å². The van der Waals surface area contributed by atoms with Crippen LogP contribution < -0.4 is 5.73 Å². The minimum absolute atomic E-state index is 0.153. The lowest BCUT2D eigenvalue weighted by atomic mass is 9.78. The maximum Gasteiger partial charge on any atom is 0.230 e. The summed E-state index contributed by atoms with van der Waals surface area (Å²) in [6.45, 7) is 5.20. The van der Waals surface area contributed by atoms with E-state index in [0.29, 0.717) is 13.1 Å². The van der Waals surface area contributed by atoms with Crippen LogP contribution in [-0.2, 0) is 11.3 Å². The third-order valence-corrected chi connectivity index (χ3v) is 3.62. The van der Waals surface area contributed by atoms with Gasteiger partial charge in [0.25, 0.3) is 0 Å². The first kappa shape index (κ1) is 15.7. The van der Waals surface area contributed by atoms with Gasteiger partial charge >= 0.3 is 0 Å². The number of rotatable bonds is 8. The molecule has 1 aromatic heterocycles. The Bertz CT molecular complexity index is 369. The molecule has 5 nitrogen and oxygen atoms in total. The summed E-state index contributed by atoms with van der Waals surface area (Å²) in [6.07, 6.45) is 7.21. The summed E-state index contributed by atoms with van der Waals surface area (Å²) in [6, 6.07) is 0. The fraction of sp³-hybridized carbons (Fsp3) is 0.714. The molecule has 5 heteroatoms. The number of H-pyrrole nitrogens is 1. The van der Waals surface area contributed by atoms with Crippen molar-refractivity contribution in [3.05, 3.63) is 18.0 Å². The van der Waals surface area contributed by atoms with E-state index in [1.54, 1.807) is 11.1 Å². The third-order valence-electron chi connectivity index (χ3n) is 3.62. The second-order valence-corrected chi connectivity index (χ2v) is 5.25. The van der Waals surface area contributed by atoms with Gasteiger partial charge < -0.3 is 10.6 Å². The Morgan fingerprint density at radius 2 is 2.05 bits per heavy atom. The number of hydrogen-bond donors (Lipinski definition) is 2. The Morgan fingerprint density at radius 3 is 2.47 bits per heavy atom. The first-order chi connectivity index (χ1) is 9.09. The zero-order valence-electron chi connectivity index (χ0n) is 12.3. The first-order valence-electron chi connectivity index (χ1n) is 7.03. The number of carbonyl (C=O) groups is 1. The molecule has 1 aromatic rings. The summed E-state index contributed by atoms with van der Waals surface area (Å²) in [5, 5.41) is 6.67. The molecule has 0 saturated heterocycles. The highest BCUT2D eigenvalue weighted by Gasteiger charge is 2.37. The number of nitrogens with one attached hydrogen (secondary N) is 1. The Balaban J connectivity index is 2.79. The molecule has 108 valence electrons. The van der Waals surface area contributed by atoms with Gasteiger partial charge in [-0.05, 0) is 12.8 Å². The lowest BCUT2D eigenvalue weighted by molar-refractivity contribution is -0.141. The Labute approximate surface area is 115 Å². The Hall–Kier alpha value is -1.36. The monoisotopic (exact) mass is 266 g/mol. The Kier molecular flexibility index (Phi) is 6.02. The van der Waals surface area contributed by atoms with Crippen LogP contribution in [0.2, 0.25) is 0 Å². The molecule has 0 bridgehead atoms. The van der Waals surface area contributed by atoms with Gasteiger partial charge in [0, 0.05) is 31.9 Å². The molecule has 1 rings (SSSR count). The van der Waals surface area contributed by atoms with E-state index in [1.807, 2.05) is 13.2 Å². The molecule has 0 aliphatic rings. The molecule has 19 heavy (non-hydrogen) atoms. The van der Waals surface area contributed by atoms with E-state index in [1.165, 1.54) is 0 Å². The largest absolute Gasteiger partial charge is 0.341 e. The van der Waals surface area contributed by atoms with Crippen LogP contribution in [-0.4, -0.2) is 34.6 Å². The summed E-state index contributed by atoms with van der Waals surface area (Å²) in [5.41, 5.74) is 6.53. The van der Waals surface area contributed by atoms with Crippen molar-refractivity contribution < 1.29 is 4.79 Å². The highest BCUT2D eigenvalue weighted by atomic mass is 16.2. The van der Waals surface area contributed by atoms with E-state index in [0.717, 1.165) is 31.2 Å². The van der Waals surface area contributed by atoms with Gasteiger partial charge in [0.1, 0.15) is 0 Å². The fourth-order valence-electron chi connectivity index (χ4n) is 2.70. The van der Waals surface area contributed by atoms with Crippen molar-refractivity contribution in [3.63, 3.8) is 0 Å². The average Bonchev–Trinajstić information content (AvgIpc) is 2.90. The number of nitrogens with two attached hydrogens (primary N) is 1. The van der Waals surface area contributed by atoms with Crippen LogP contribution in [0.3, 0.4) is 0 Å². The zero-order valence-corrected chi connectivity index (χ0v) is 12.3. The minimum atomic E-state index is -0.401. The molecule has 0 aliphatic carbocycles. The summed E-state index contributed by atoms with van der Waals surface area (Å²) < 4.78 is 0. The second-order valence-electron chi connectivity index (χ2n) is 5.25. The molecule has 0 fully saturated rings. The first-order valence-corrected chi connectivity index (χ1v) is 7.03. The average molecular weight is 266 g/mol. The number of carbonyl (C=O) groups excluding carboxylic acids is 1. The fourth-order valence-corrected chi connectivity index (χ4v) is 2.70. The predicted molar refractivity (Wildman–Crippen MR) is 76.4 cm³/mol. The Morgan fingerprint density at radius 1 is 1.42 bits per heavy atom. The molecular weight excluding hydrogens is 240 g/mol. The molecule has 0 aromatic carbocycles. The van der Waals surface area contributed by atoms with Crippen LogP contribution in [0.4, 0.5) is 0 Å². The SMILES string of the molecule is CCCC(CN)(CCC)C(=O)N(C)Cc1cn[nH]c1. The quantitative estimate of drug-likeness (QED) is 0.754.